The summed E-state index contributed by atoms with van der Waals surface area (Å²) in [4.78, 5) is 23.1. The van der Waals surface area contributed by atoms with Gasteiger partial charge in [0, 0.05) is 6.54 Å². The molecule has 3 aromatic heterocycles. The monoisotopic (exact) mass is 1420 g/mol. The van der Waals surface area contributed by atoms with Gasteiger partial charge in [0.1, 0.15) is 75.2 Å². The molecule has 29 heteroatoms. The van der Waals surface area contributed by atoms with Crippen LogP contribution in [-0.2, 0) is 104 Å². The molecule has 14 aliphatic rings. The topological polar surface area (TPSA) is 338 Å². The van der Waals surface area contributed by atoms with Crippen LogP contribution < -0.4 is 62.0 Å². The van der Waals surface area contributed by atoms with Gasteiger partial charge in [-0.05, 0) is 202 Å². The van der Waals surface area contributed by atoms with Crippen LogP contribution in [0.5, 0.6) is 69.0 Å². The highest BCUT2D eigenvalue weighted by atomic mass is 32.2. The Morgan fingerprint density at radius 3 is 1.06 bits per heavy atom. The summed E-state index contributed by atoms with van der Waals surface area (Å²) in [7, 11) is 0.925. The average Bonchev–Trinajstić information content (AvgIpc) is 1.70. The maximum Gasteiger partial charge on any atom is 0.305 e. The van der Waals surface area contributed by atoms with Gasteiger partial charge in [0.05, 0.1) is 70.7 Å². The molecular formula is C74H70N10O18S. The molecule has 0 saturated carbocycles. The molecule has 24 rings (SSSR count). The van der Waals surface area contributed by atoms with E-state index >= 15 is 0 Å². The highest BCUT2D eigenvalue weighted by Crippen LogP contribution is 2.45. The molecule has 12 aliphatic heterocycles. The van der Waals surface area contributed by atoms with Gasteiger partial charge in [0.15, 0.2) is 69.0 Å². The largest absolute Gasteiger partial charge is 0.493 e. The van der Waals surface area contributed by atoms with E-state index in [1.165, 1.54) is 46.5 Å². The van der Waals surface area contributed by atoms with E-state index < -0.39 is 22.0 Å². The maximum absolute atomic E-state index is 11.9. The summed E-state index contributed by atoms with van der Waals surface area (Å²) >= 11 is 0. The summed E-state index contributed by atoms with van der Waals surface area (Å²) < 4.78 is 107. The fourth-order valence-corrected chi connectivity index (χ4v) is 13.2. The number of carboxylic acids is 2. The van der Waals surface area contributed by atoms with Crippen molar-refractivity contribution in [3.05, 3.63) is 230 Å². The molecule has 4 N–H and O–H groups in total. The molecule has 28 nitrogen and oxygen atoms in total. The fourth-order valence-electron chi connectivity index (χ4n) is 12.7. The van der Waals surface area contributed by atoms with Crippen molar-refractivity contribution in [3.8, 4) is 69.0 Å². The molecule has 7 aromatic carbocycles. The third kappa shape index (κ3) is 16.1. The van der Waals surface area contributed by atoms with Crippen LogP contribution in [0.15, 0.2) is 146 Å². The number of carbonyl (C=O) groups is 2. The zero-order chi connectivity index (χ0) is 71.1. The smallest absolute Gasteiger partial charge is 0.305 e. The lowest BCUT2D eigenvalue weighted by Crippen LogP contribution is -2.12. The number of aromatic nitrogens is 9. The van der Waals surface area contributed by atoms with Gasteiger partial charge in [0.2, 0.25) is 10.0 Å². The van der Waals surface area contributed by atoms with Crippen molar-refractivity contribution in [2.45, 2.75) is 102 Å². The molecule has 0 unspecified atom stereocenters. The van der Waals surface area contributed by atoms with Gasteiger partial charge in [-0.15, -0.1) is 15.3 Å². The van der Waals surface area contributed by atoms with E-state index in [1.54, 1.807) is 56.7 Å². The molecule has 0 amide bonds. The Hall–Kier alpha value is -12.1. The SMILES string of the molecule is COc1cc2c3cc1OC=COc1cc4c(cc1OCc1cn(CCC(=O)O)nn1)Cc1cc5c(OCc6cn(CCc7ccc(S(N)(=O)=O)cc7)nn6)cc1Cc1cc(c(OCc6cn(CCC(=O)O)nn6)cc1C4)OCCOc1cc(c(cc1OC)Cc1cc(c(OC)cc1C3)O/C=C\O5)C2. The number of benzene rings is 7. The Kier molecular flexibility index (Phi) is 19.8. The van der Waals surface area contributed by atoms with E-state index in [4.69, 9.17) is 62.0 Å². The summed E-state index contributed by atoms with van der Waals surface area (Å²) in [6.07, 6.45) is 13.2. The van der Waals surface area contributed by atoms with Crippen LogP contribution in [-0.4, -0.2) is 110 Å². The van der Waals surface area contributed by atoms with Crippen LogP contribution >= 0.6 is 0 Å². The molecule has 0 fully saturated rings. The Morgan fingerprint density at radius 1 is 0.427 bits per heavy atom. The zero-order valence-corrected chi connectivity index (χ0v) is 57.1. The standard InChI is InChI=1S/C74H70N10O18S/c1-91-61-26-45-21-49-30-66-63(93-3)28-47(49)22-50-31-65-62(92-2)27-46(50)20-48(45)29-64(61)94-14-17-97-67-32-51-24-55-36-71(101-42-58-39-83(80-77-58)12-9-73(85)86)69(99-19-16-96-66)34-53(55)25-56-37-72(102-43-59-40-84(81-78-59)13-10-74(87)88)68(98-18-15-95-65)33-52(56)23-54(51)35-70(67)100-41-57-38-82(79-76-57)11-8-44-4-6-60(7-5-44)103(75,89)90/h4-7,14,16-17,19,26-40H,8-13,15,18,20-25,41-43H2,1-3H3,(H,85,86)(H,87,88)(H2,75,89,90)/b17-14-,19-16?. The van der Waals surface area contributed by atoms with Gasteiger partial charge in [0.25, 0.3) is 0 Å². The molecule has 18 bridgehead atoms. The Bertz CT molecular complexity index is 5050. The molecule has 0 saturated heterocycles. The van der Waals surface area contributed by atoms with E-state index in [0.717, 1.165) is 72.3 Å². The Balaban J connectivity index is 0.930. The molecular weight excluding hydrogens is 1350 g/mol. The maximum atomic E-state index is 11.9. The third-order valence-electron chi connectivity index (χ3n) is 17.9. The first-order valence-corrected chi connectivity index (χ1v) is 34.5. The lowest BCUT2D eigenvalue weighted by Gasteiger charge is -2.20. The van der Waals surface area contributed by atoms with Crippen LogP contribution in [0.4, 0.5) is 0 Å². The molecule has 0 spiro atoms. The van der Waals surface area contributed by atoms with Crippen molar-refractivity contribution in [2.75, 3.05) is 34.5 Å². The van der Waals surface area contributed by atoms with Gasteiger partial charge in [-0.3, -0.25) is 23.6 Å². The van der Waals surface area contributed by atoms with Crippen LogP contribution in [0.2, 0.25) is 0 Å². The number of carboxylic acid groups (broad SMARTS) is 2. The molecule has 103 heavy (non-hydrogen) atoms. The predicted molar refractivity (Wildman–Crippen MR) is 366 cm³/mol. The number of nitrogens with two attached hydrogens (primary N) is 1. The lowest BCUT2D eigenvalue weighted by atomic mass is 9.94. The highest BCUT2D eigenvalue weighted by Gasteiger charge is 2.27. The number of aryl methyl sites for hydroxylation is 4. The molecule has 0 radical (unpaired) electrons. The molecule has 15 heterocycles. The second kappa shape index (κ2) is 30.0. The van der Waals surface area contributed by atoms with Crippen LogP contribution in [0.25, 0.3) is 0 Å². The number of ether oxygens (including phenoxy) is 12. The number of nitrogens with zero attached hydrogens (tertiary/aromatic N) is 9. The van der Waals surface area contributed by atoms with Crippen LogP contribution in [0.1, 0.15) is 102 Å². The summed E-state index contributed by atoms with van der Waals surface area (Å²) in [6.45, 7) is 0.564. The van der Waals surface area contributed by atoms with Gasteiger partial charge in [-0.25, -0.2) is 13.6 Å². The zero-order valence-electron chi connectivity index (χ0n) is 56.2. The first kappa shape index (κ1) is 68.0. The minimum Gasteiger partial charge on any atom is -0.493 e. The Labute approximate surface area is 590 Å². The normalized spacial score (nSPS) is 13.8. The first-order chi connectivity index (χ1) is 50.0. The highest BCUT2D eigenvalue weighted by molar-refractivity contribution is 7.89. The van der Waals surface area contributed by atoms with Crippen molar-refractivity contribution in [3.63, 3.8) is 0 Å². The number of hydrogen-bond acceptors (Lipinski definition) is 22. The average molecular weight is 1420 g/mol. The van der Waals surface area contributed by atoms with Gasteiger partial charge >= 0.3 is 11.9 Å². The Morgan fingerprint density at radius 2 is 0.718 bits per heavy atom. The van der Waals surface area contributed by atoms with Crippen LogP contribution in [0, 0.1) is 0 Å². The molecule has 10 aromatic rings. The van der Waals surface area contributed by atoms with Crippen molar-refractivity contribution in [2.24, 2.45) is 5.14 Å². The second-order valence-corrected chi connectivity index (χ2v) is 26.4. The fraction of sp³-hybridized carbons (Fsp3) is 0.270. The summed E-state index contributed by atoms with van der Waals surface area (Å²) in [5.74, 6) is 2.86. The van der Waals surface area contributed by atoms with E-state index in [0.29, 0.717) is 138 Å². The van der Waals surface area contributed by atoms with Gasteiger partial charge in [-0.1, -0.05) is 27.8 Å². The number of sulfonamides is 1. The molecule has 0 atom stereocenters. The van der Waals surface area contributed by atoms with E-state index in [2.05, 4.69) is 30.9 Å². The summed E-state index contributed by atoms with van der Waals surface area (Å²) in [6, 6.07) is 29.9. The van der Waals surface area contributed by atoms with Gasteiger partial charge in [-0.2, -0.15) is 0 Å². The molecule has 530 valence electrons. The van der Waals surface area contributed by atoms with Crippen molar-refractivity contribution in [1.29, 1.82) is 0 Å². The summed E-state index contributed by atoms with van der Waals surface area (Å²) in [5, 5.41) is 50.0. The number of methoxy groups -OCH3 is 3. The second-order valence-electron chi connectivity index (χ2n) is 24.8. The molecule has 2 aliphatic carbocycles. The van der Waals surface area contributed by atoms with E-state index in [1.807, 2.05) is 72.8 Å². The third-order valence-corrected chi connectivity index (χ3v) is 18.8. The number of primary sulfonamides is 1. The predicted octanol–water partition coefficient (Wildman–Crippen LogP) is 9.18. The lowest BCUT2D eigenvalue weighted by molar-refractivity contribution is -0.138. The van der Waals surface area contributed by atoms with Crippen molar-refractivity contribution < 1.29 is 85.1 Å². The summed E-state index contributed by atoms with van der Waals surface area (Å²) in [5.41, 5.74) is 12.9. The van der Waals surface area contributed by atoms with E-state index in [-0.39, 0.29) is 63.9 Å². The van der Waals surface area contributed by atoms with Crippen molar-refractivity contribution in [1.82, 2.24) is 45.0 Å². The van der Waals surface area contributed by atoms with Crippen molar-refractivity contribution >= 4 is 22.0 Å². The number of rotatable bonds is 22. The number of aliphatic carboxylic acids is 2. The van der Waals surface area contributed by atoms with Gasteiger partial charge < -0.3 is 67.1 Å². The minimum atomic E-state index is -3.86. The van der Waals surface area contributed by atoms with E-state index in [9.17, 15) is 28.2 Å². The minimum absolute atomic E-state index is 0.0175. The number of hydrogen-bond donors (Lipinski definition) is 3. The first-order valence-electron chi connectivity index (χ1n) is 32.9. The quantitative estimate of drug-likeness (QED) is 0.0569. The van der Waals surface area contributed by atoms with Crippen LogP contribution in [0.3, 0.4) is 0 Å².